The number of pyridine rings is 1. The minimum atomic E-state index is -4.51. The van der Waals surface area contributed by atoms with Crippen molar-refractivity contribution in [2.24, 2.45) is 5.92 Å². The predicted molar refractivity (Wildman–Crippen MR) is 124 cm³/mol. The zero-order valence-corrected chi connectivity index (χ0v) is 20.3. The Kier molecular flexibility index (Phi) is 7.30. The molecule has 9 nitrogen and oxygen atoms in total. The molecule has 38 heavy (non-hydrogen) atoms. The third-order valence-electron chi connectivity index (χ3n) is 6.95. The van der Waals surface area contributed by atoms with Crippen molar-refractivity contribution >= 4 is 5.91 Å². The summed E-state index contributed by atoms with van der Waals surface area (Å²) in [4.78, 5) is 20.6. The van der Waals surface area contributed by atoms with Gasteiger partial charge in [-0.25, -0.2) is 9.37 Å². The number of piperidine rings is 2. The molecule has 2 bridgehead atoms. The molecule has 1 aromatic carbocycles. The molecule has 2 aliphatic heterocycles. The molecule has 3 fully saturated rings. The second kappa shape index (κ2) is 10.7. The average Bonchev–Trinajstić information content (AvgIpc) is 3.43. The highest BCUT2D eigenvalue weighted by Gasteiger charge is 2.51. The summed E-state index contributed by atoms with van der Waals surface area (Å²) in [5, 5.41) is 8.00. The number of ether oxygens (including phenoxy) is 3. The second-order valence-electron chi connectivity index (χ2n) is 9.19. The lowest BCUT2D eigenvalue weighted by molar-refractivity contribution is -0.137. The summed E-state index contributed by atoms with van der Waals surface area (Å²) in [6.45, 7) is 0.227. The van der Waals surface area contributed by atoms with E-state index >= 15 is 0 Å². The highest BCUT2D eigenvalue weighted by atomic mass is 19.4. The van der Waals surface area contributed by atoms with Crippen LogP contribution in [0.4, 0.5) is 17.6 Å². The Labute approximate surface area is 215 Å². The van der Waals surface area contributed by atoms with Gasteiger partial charge in [0, 0.05) is 19.4 Å². The molecular weight excluding hydrogens is 510 g/mol. The third-order valence-corrected chi connectivity index (χ3v) is 6.95. The monoisotopic (exact) mass is 535 g/mol. The van der Waals surface area contributed by atoms with Crippen LogP contribution in [0.25, 0.3) is 5.69 Å². The molecule has 0 spiro atoms. The van der Waals surface area contributed by atoms with Crippen LogP contribution in [0.1, 0.15) is 35.2 Å². The van der Waals surface area contributed by atoms with Crippen LogP contribution >= 0.6 is 0 Å². The Morgan fingerprint density at radius 1 is 1.13 bits per heavy atom. The van der Waals surface area contributed by atoms with Crippen molar-refractivity contribution in [1.29, 1.82) is 0 Å². The molecule has 1 aliphatic carbocycles. The number of methoxy groups -OCH3 is 1. The van der Waals surface area contributed by atoms with Crippen molar-refractivity contribution in [2.75, 3.05) is 20.5 Å². The topological polar surface area (TPSA) is 91.6 Å². The normalized spacial score (nSPS) is 23.0. The molecule has 4 atom stereocenters. The number of amides is 1. The van der Waals surface area contributed by atoms with E-state index < -0.39 is 35.6 Å². The van der Waals surface area contributed by atoms with Crippen molar-refractivity contribution < 1.29 is 36.6 Å². The lowest BCUT2D eigenvalue weighted by Gasteiger charge is -2.54. The molecule has 6 rings (SSSR count). The first-order chi connectivity index (χ1) is 18.3. The van der Waals surface area contributed by atoms with E-state index in [0.29, 0.717) is 12.8 Å². The van der Waals surface area contributed by atoms with Gasteiger partial charge >= 0.3 is 6.18 Å². The zero-order valence-electron chi connectivity index (χ0n) is 20.3. The molecule has 1 saturated carbocycles. The van der Waals surface area contributed by atoms with E-state index in [4.69, 9.17) is 14.2 Å². The number of carbonyl (C=O) groups excluding carboxylic acids is 1. The van der Waals surface area contributed by atoms with Crippen LogP contribution in [0.15, 0.2) is 48.9 Å². The quantitative estimate of drug-likeness (QED) is 0.246. The highest BCUT2D eigenvalue weighted by molar-refractivity contribution is 5.98. The van der Waals surface area contributed by atoms with E-state index in [1.807, 2.05) is 0 Å². The number of carbonyl (C=O) groups is 1. The van der Waals surface area contributed by atoms with E-state index in [2.05, 4.69) is 15.2 Å². The number of rotatable bonds is 8. The van der Waals surface area contributed by atoms with Gasteiger partial charge in [0.1, 0.15) is 18.6 Å². The van der Waals surface area contributed by atoms with Gasteiger partial charge in [0.05, 0.1) is 42.2 Å². The van der Waals surface area contributed by atoms with Gasteiger partial charge in [-0.05, 0) is 43.4 Å². The van der Waals surface area contributed by atoms with Gasteiger partial charge in [-0.2, -0.15) is 23.4 Å². The fourth-order valence-electron chi connectivity index (χ4n) is 5.32. The molecule has 202 valence electrons. The molecule has 2 saturated heterocycles. The lowest BCUT2D eigenvalue weighted by Crippen LogP contribution is -2.65. The molecule has 3 aromatic rings. The fourth-order valence-corrected chi connectivity index (χ4v) is 5.32. The van der Waals surface area contributed by atoms with Gasteiger partial charge in [0.25, 0.3) is 5.91 Å². The summed E-state index contributed by atoms with van der Waals surface area (Å²) in [6, 6.07) is 5.45. The smallest absolute Gasteiger partial charge is 0.417 e. The maximum absolute atomic E-state index is 14.9. The molecule has 2 aromatic heterocycles. The summed E-state index contributed by atoms with van der Waals surface area (Å²) < 4.78 is 70.5. The van der Waals surface area contributed by atoms with Crippen molar-refractivity contribution in [3.05, 3.63) is 65.9 Å². The molecule has 4 heterocycles. The molecule has 0 radical (unpaired) electrons. The van der Waals surface area contributed by atoms with Gasteiger partial charge in [-0.15, -0.1) is 4.80 Å². The molecular formula is C25H25F4N5O4. The predicted octanol–water partition coefficient (Wildman–Crippen LogP) is 3.88. The summed E-state index contributed by atoms with van der Waals surface area (Å²) in [7, 11) is 1.49. The Balaban J connectivity index is 1.46. The van der Waals surface area contributed by atoms with Gasteiger partial charge in [-0.1, -0.05) is 6.07 Å². The van der Waals surface area contributed by atoms with E-state index in [0.717, 1.165) is 23.5 Å². The number of benzene rings is 1. The van der Waals surface area contributed by atoms with Crippen LogP contribution in [0.3, 0.4) is 0 Å². The van der Waals surface area contributed by atoms with Crippen LogP contribution in [0.2, 0.25) is 0 Å². The summed E-state index contributed by atoms with van der Waals surface area (Å²) in [5.41, 5.74) is -0.896. The standard InChI is InChI=1S/C25H25F4N5O4/c1-36-14-37-13-20-15-5-7-19(21(11-15)38-22-8-6-16(12-30-22)25(27,28)29)33(20)24(35)17-3-2-4-18(26)23(17)34-31-9-10-32-34/h2-4,6,8-10,12,15,19-21H,5,7,11,13-14H2,1H3. The average molecular weight is 535 g/mol. The van der Waals surface area contributed by atoms with E-state index in [-0.39, 0.29) is 42.5 Å². The third kappa shape index (κ3) is 5.07. The Hall–Kier alpha value is -3.58. The van der Waals surface area contributed by atoms with E-state index in [1.165, 1.54) is 43.8 Å². The number of fused-ring (bicyclic) bond motifs is 3. The first-order valence-corrected chi connectivity index (χ1v) is 12.0. The summed E-state index contributed by atoms with van der Waals surface area (Å²) in [6.07, 6.45) is 0.379. The van der Waals surface area contributed by atoms with Crippen molar-refractivity contribution in [1.82, 2.24) is 24.9 Å². The van der Waals surface area contributed by atoms with Crippen LogP contribution < -0.4 is 4.74 Å². The van der Waals surface area contributed by atoms with Crippen LogP contribution in [0, 0.1) is 11.7 Å². The van der Waals surface area contributed by atoms with Crippen LogP contribution in [-0.2, 0) is 15.7 Å². The number of aromatic nitrogens is 4. The number of hydrogen-bond acceptors (Lipinski definition) is 7. The van der Waals surface area contributed by atoms with Gasteiger partial charge in [-0.3, -0.25) is 4.79 Å². The largest absolute Gasteiger partial charge is 0.472 e. The van der Waals surface area contributed by atoms with Crippen molar-refractivity contribution in [3.8, 4) is 11.6 Å². The Morgan fingerprint density at radius 3 is 2.61 bits per heavy atom. The molecule has 4 unspecified atom stereocenters. The number of alkyl halides is 3. The second-order valence-corrected chi connectivity index (χ2v) is 9.19. The fraction of sp³-hybridized carbons (Fsp3) is 0.440. The molecule has 1 amide bonds. The molecule has 13 heteroatoms. The number of para-hydroxylation sites is 1. The minimum Gasteiger partial charge on any atom is -0.472 e. The maximum Gasteiger partial charge on any atom is 0.417 e. The van der Waals surface area contributed by atoms with Gasteiger partial charge < -0.3 is 19.1 Å². The van der Waals surface area contributed by atoms with E-state index in [1.54, 1.807) is 4.90 Å². The SMILES string of the molecule is COCOCC1C2CCC(C(Oc3ccc(C(F)(F)F)cn3)C2)N1C(=O)c1cccc(F)c1-n1nccn1. The summed E-state index contributed by atoms with van der Waals surface area (Å²) >= 11 is 0. The Bertz CT molecular complexity index is 1260. The lowest BCUT2D eigenvalue weighted by atomic mass is 9.72. The first-order valence-electron chi connectivity index (χ1n) is 12.0. The molecule has 3 aliphatic rings. The van der Waals surface area contributed by atoms with Crippen molar-refractivity contribution in [3.63, 3.8) is 0 Å². The number of hydrogen-bond donors (Lipinski definition) is 0. The maximum atomic E-state index is 14.9. The van der Waals surface area contributed by atoms with Crippen LogP contribution in [0.5, 0.6) is 5.88 Å². The van der Waals surface area contributed by atoms with Gasteiger partial charge in [0.15, 0.2) is 5.82 Å². The summed E-state index contributed by atoms with van der Waals surface area (Å²) in [5.74, 6) is -1.11. The van der Waals surface area contributed by atoms with Crippen LogP contribution in [-0.4, -0.2) is 69.5 Å². The number of halogens is 4. The molecule has 0 N–H and O–H groups in total. The van der Waals surface area contributed by atoms with E-state index in [9.17, 15) is 22.4 Å². The Morgan fingerprint density at radius 2 is 1.92 bits per heavy atom. The number of nitrogens with zero attached hydrogens (tertiary/aromatic N) is 5. The minimum absolute atomic E-state index is 0.0277. The first kappa shape index (κ1) is 26.0. The zero-order chi connectivity index (χ0) is 26.9. The van der Waals surface area contributed by atoms with Crippen molar-refractivity contribution in [2.45, 2.75) is 43.6 Å². The highest BCUT2D eigenvalue weighted by Crippen LogP contribution is 2.43. The van der Waals surface area contributed by atoms with Gasteiger partial charge in [0.2, 0.25) is 5.88 Å².